The van der Waals surface area contributed by atoms with Crippen molar-refractivity contribution in [2.45, 2.75) is 28.8 Å². The summed E-state index contributed by atoms with van der Waals surface area (Å²) in [7, 11) is 0. The van der Waals surface area contributed by atoms with Crippen molar-refractivity contribution in [2.75, 3.05) is 4.90 Å². The van der Waals surface area contributed by atoms with Crippen LogP contribution >= 0.6 is 35.3 Å². The van der Waals surface area contributed by atoms with Gasteiger partial charge in [0.15, 0.2) is 5.11 Å². The van der Waals surface area contributed by atoms with Gasteiger partial charge in [-0.15, -0.1) is 11.3 Å². The van der Waals surface area contributed by atoms with Crippen molar-refractivity contribution in [3.05, 3.63) is 111 Å². The Morgan fingerprint density at radius 1 is 1.03 bits per heavy atom. The molecule has 0 bridgehead atoms. The lowest BCUT2D eigenvalue weighted by atomic mass is 10.0. The Kier molecular flexibility index (Phi) is 6.32. The molecule has 1 saturated heterocycles. The van der Waals surface area contributed by atoms with E-state index in [4.69, 9.17) is 12.2 Å². The topological polar surface area (TPSA) is 71.3 Å². The normalized spacial score (nSPS) is 17.6. The van der Waals surface area contributed by atoms with E-state index in [9.17, 15) is 10.1 Å². The van der Waals surface area contributed by atoms with Gasteiger partial charge < -0.3 is 10.2 Å². The van der Waals surface area contributed by atoms with Crippen molar-refractivity contribution < 1.29 is 4.92 Å². The van der Waals surface area contributed by atoms with Gasteiger partial charge in [-0.1, -0.05) is 17.8 Å². The first-order valence-corrected chi connectivity index (χ1v) is 12.6. The molecule has 0 unspecified atom stereocenters. The number of pyridine rings is 1. The Labute approximate surface area is 210 Å². The largest absolute Gasteiger partial charge is 0.351 e. The summed E-state index contributed by atoms with van der Waals surface area (Å²) in [5, 5.41) is 15.0. The summed E-state index contributed by atoms with van der Waals surface area (Å²) >= 11 is 9.12. The molecule has 0 saturated carbocycles. The third-order valence-corrected chi connectivity index (χ3v) is 7.95. The molecule has 0 aliphatic carbocycles. The van der Waals surface area contributed by atoms with Gasteiger partial charge in [0.05, 0.1) is 22.7 Å². The number of anilines is 1. The third-order valence-electron chi connectivity index (χ3n) is 5.55. The van der Waals surface area contributed by atoms with Crippen molar-refractivity contribution >= 4 is 51.8 Å². The highest BCUT2D eigenvalue weighted by Gasteiger charge is 2.41. The Bertz CT molecular complexity index is 1320. The molecular formula is C25H20N4O2S3. The molecular weight excluding hydrogens is 485 g/mol. The molecule has 0 radical (unpaired) electrons. The molecule has 0 amide bonds. The van der Waals surface area contributed by atoms with E-state index in [1.807, 2.05) is 24.4 Å². The number of nitro benzene ring substituents is 1. The Morgan fingerprint density at radius 3 is 2.32 bits per heavy atom. The standard InChI is InChI=1S/C25H20N4O2S3/c1-16-5-14-22(33-16)24-23(21-4-2-3-15-26-21)27-25(32)28(24)17-6-10-19(11-7-17)34-20-12-8-18(9-13-20)29(30)31/h2-15,23-24H,1H3,(H,27,32)/t23-,24+/m1/s1. The molecule has 34 heavy (non-hydrogen) atoms. The molecule has 1 N–H and O–H groups in total. The van der Waals surface area contributed by atoms with E-state index < -0.39 is 0 Å². The number of aromatic nitrogens is 1. The van der Waals surface area contributed by atoms with Gasteiger partial charge in [-0.3, -0.25) is 15.1 Å². The fourth-order valence-corrected chi connectivity index (χ4v) is 6.15. The van der Waals surface area contributed by atoms with Crippen LogP contribution in [-0.4, -0.2) is 15.0 Å². The van der Waals surface area contributed by atoms with E-state index in [2.05, 4.69) is 58.5 Å². The van der Waals surface area contributed by atoms with Gasteiger partial charge in [0.2, 0.25) is 0 Å². The van der Waals surface area contributed by atoms with Crippen molar-refractivity contribution in [1.82, 2.24) is 10.3 Å². The van der Waals surface area contributed by atoms with Crippen LogP contribution in [0.1, 0.15) is 27.5 Å². The zero-order valence-corrected chi connectivity index (χ0v) is 20.6. The Balaban J connectivity index is 1.43. The van der Waals surface area contributed by atoms with Crippen LogP contribution in [0.2, 0.25) is 0 Å². The average Bonchev–Trinajstić information content (AvgIpc) is 3.43. The number of thiocarbonyl (C=S) groups is 1. The average molecular weight is 505 g/mol. The molecule has 4 aromatic rings. The molecule has 1 fully saturated rings. The molecule has 3 heterocycles. The van der Waals surface area contributed by atoms with E-state index in [1.54, 1.807) is 35.2 Å². The monoisotopic (exact) mass is 504 g/mol. The smallest absolute Gasteiger partial charge is 0.269 e. The second-order valence-corrected chi connectivity index (χ2v) is 10.6. The van der Waals surface area contributed by atoms with E-state index in [-0.39, 0.29) is 22.7 Å². The quantitative estimate of drug-likeness (QED) is 0.178. The summed E-state index contributed by atoms with van der Waals surface area (Å²) < 4.78 is 0. The van der Waals surface area contributed by atoms with E-state index in [0.29, 0.717) is 5.11 Å². The van der Waals surface area contributed by atoms with Crippen molar-refractivity contribution in [1.29, 1.82) is 0 Å². The zero-order valence-electron chi connectivity index (χ0n) is 18.1. The zero-order chi connectivity index (χ0) is 23.7. The SMILES string of the molecule is Cc1ccc([C@H]2[C@@H](c3ccccn3)NC(=S)N2c2ccc(Sc3ccc([N+](=O)[O-])cc3)cc2)s1. The maximum absolute atomic E-state index is 10.9. The van der Waals surface area contributed by atoms with Crippen molar-refractivity contribution in [3.63, 3.8) is 0 Å². The minimum absolute atomic E-state index is 0.00530. The molecule has 1 aliphatic heterocycles. The Morgan fingerprint density at radius 2 is 1.74 bits per heavy atom. The highest BCUT2D eigenvalue weighted by atomic mass is 32.2. The van der Waals surface area contributed by atoms with E-state index >= 15 is 0 Å². The number of non-ortho nitro benzene ring substituents is 1. The number of hydrogen-bond acceptors (Lipinski definition) is 6. The minimum atomic E-state index is -0.389. The molecule has 1 aliphatic rings. The Hall–Kier alpha value is -3.27. The molecule has 2 aromatic heterocycles. The van der Waals surface area contributed by atoms with Gasteiger partial charge in [-0.2, -0.15) is 0 Å². The highest BCUT2D eigenvalue weighted by molar-refractivity contribution is 7.99. The predicted molar refractivity (Wildman–Crippen MR) is 141 cm³/mol. The number of hydrogen-bond donors (Lipinski definition) is 1. The number of nitrogens with one attached hydrogen (secondary N) is 1. The van der Waals surface area contributed by atoms with Crippen molar-refractivity contribution in [2.24, 2.45) is 0 Å². The summed E-state index contributed by atoms with van der Waals surface area (Å²) in [5.74, 6) is 0. The molecule has 5 rings (SSSR count). The lowest BCUT2D eigenvalue weighted by molar-refractivity contribution is -0.384. The number of rotatable bonds is 6. The van der Waals surface area contributed by atoms with E-state index in [0.717, 1.165) is 21.2 Å². The van der Waals surface area contributed by atoms with Crippen LogP contribution in [0.5, 0.6) is 0 Å². The summed E-state index contributed by atoms with van der Waals surface area (Å²) in [6, 6.07) is 25.0. The highest BCUT2D eigenvalue weighted by Crippen LogP contribution is 2.44. The maximum Gasteiger partial charge on any atom is 0.269 e. The number of thiophene rings is 1. The number of benzene rings is 2. The molecule has 170 valence electrons. The minimum Gasteiger partial charge on any atom is -0.351 e. The first-order chi connectivity index (χ1) is 16.5. The summed E-state index contributed by atoms with van der Waals surface area (Å²) in [6.45, 7) is 2.11. The lowest BCUT2D eigenvalue weighted by Gasteiger charge is -2.27. The summed E-state index contributed by atoms with van der Waals surface area (Å²) in [4.78, 5) is 21.7. The van der Waals surface area contributed by atoms with Gasteiger partial charge >= 0.3 is 0 Å². The first-order valence-electron chi connectivity index (χ1n) is 10.6. The number of nitro groups is 1. The van der Waals surface area contributed by atoms with Crippen LogP contribution in [0, 0.1) is 17.0 Å². The third kappa shape index (κ3) is 4.54. The second-order valence-electron chi connectivity index (χ2n) is 7.79. The van der Waals surface area contributed by atoms with Crippen LogP contribution in [0.25, 0.3) is 0 Å². The van der Waals surface area contributed by atoms with E-state index in [1.165, 1.54) is 21.9 Å². The van der Waals surface area contributed by atoms with Crippen LogP contribution in [0.4, 0.5) is 11.4 Å². The van der Waals surface area contributed by atoms with Gasteiger partial charge in [0.25, 0.3) is 5.69 Å². The number of nitrogens with zero attached hydrogens (tertiary/aromatic N) is 3. The first kappa shape index (κ1) is 22.5. The van der Waals surface area contributed by atoms with Crippen LogP contribution in [0.15, 0.2) is 94.9 Å². The maximum atomic E-state index is 10.9. The van der Waals surface area contributed by atoms with Crippen LogP contribution < -0.4 is 10.2 Å². The van der Waals surface area contributed by atoms with Crippen LogP contribution in [0.3, 0.4) is 0 Å². The van der Waals surface area contributed by atoms with Crippen LogP contribution in [-0.2, 0) is 0 Å². The fourth-order valence-electron chi connectivity index (χ4n) is 3.98. The molecule has 0 spiro atoms. The van der Waals surface area contributed by atoms with Gasteiger partial charge in [0.1, 0.15) is 0 Å². The molecule has 6 nitrogen and oxygen atoms in total. The van der Waals surface area contributed by atoms with Gasteiger partial charge in [-0.05, 0) is 79.8 Å². The second kappa shape index (κ2) is 9.54. The van der Waals surface area contributed by atoms with Gasteiger partial charge in [0, 0.05) is 43.6 Å². The molecule has 9 heteroatoms. The molecule has 2 aromatic carbocycles. The summed E-state index contributed by atoms with van der Waals surface area (Å²) in [6.07, 6.45) is 1.81. The fraction of sp³-hybridized carbons (Fsp3) is 0.120. The lowest BCUT2D eigenvalue weighted by Crippen LogP contribution is -2.29. The molecule has 2 atom stereocenters. The van der Waals surface area contributed by atoms with Crippen molar-refractivity contribution in [3.8, 4) is 0 Å². The van der Waals surface area contributed by atoms with Gasteiger partial charge in [-0.25, -0.2) is 0 Å². The predicted octanol–water partition coefficient (Wildman–Crippen LogP) is 6.69. The summed E-state index contributed by atoms with van der Waals surface area (Å²) in [5.41, 5.74) is 2.04. The number of aryl methyl sites for hydroxylation is 1.